The Morgan fingerprint density at radius 2 is 1.83 bits per heavy atom. The van der Waals surface area contributed by atoms with Crippen molar-refractivity contribution in [3.63, 3.8) is 0 Å². The maximum atomic E-state index is 9.80. The van der Waals surface area contributed by atoms with E-state index in [1.807, 2.05) is 0 Å². The maximum Gasteiger partial charge on any atom is 0.0900 e. The molecule has 0 bridgehead atoms. The van der Waals surface area contributed by atoms with Gasteiger partial charge in [-0.15, -0.1) is 10.3 Å². The Labute approximate surface area is 114 Å². The van der Waals surface area contributed by atoms with E-state index in [0.29, 0.717) is 19.8 Å². The minimum Gasteiger partial charge on any atom is -0.389 e. The zero-order valence-corrected chi connectivity index (χ0v) is 13.5. The number of aliphatic hydroxyl groups is 1. The van der Waals surface area contributed by atoms with E-state index in [-0.39, 0.29) is 6.10 Å². The standard InChI is InChI=1S/C13H31NO3S/c1-6-14(7-2)11-13(15)12-17-9-8-10-18(4,5)16-3/h13,15H,6-12H2,1-5H3. The fourth-order valence-corrected chi connectivity index (χ4v) is 2.62. The van der Waals surface area contributed by atoms with Crippen LogP contribution in [-0.4, -0.2) is 74.3 Å². The second kappa shape index (κ2) is 10.0. The molecule has 0 spiro atoms. The summed E-state index contributed by atoms with van der Waals surface area (Å²) in [5.41, 5.74) is 0. The van der Waals surface area contributed by atoms with Gasteiger partial charge in [-0.25, -0.2) is 0 Å². The molecule has 0 heterocycles. The lowest BCUT2D eigenvalue weighted by atomic mass is 10.3. The van der Waals surface area contributed by atoms with Gasteiger partial charge in [-0.1, -0.05) is 13.8 Å². The average Bonchev–Trinajstić information content (AvgIpc) is 2.35. The van der Waals surface area contributed by atoms with Gasteiger partial charge in [0.1, 0.15) is 0 Å². The van der Waals surface area contributed by atoms with Crippen LogP contribution in [0.3, 0.4) is 0 Å². The highest BCUT2D eigenvalue weighted by Crippen LogP contribution is 2.40. The Hall–Kier alpha value is 0.190. The van der Waals surface area contributed by atoms with Crippen LogP contribution in [0.15, 0.2) is 0 Å². The molecule has 0 aliphatic carbocycles. The molecule has 0 aromatic carbocycles. The first-order valence-corrected chi connectivity index (χ1v) is 9.24. The highest BCUT2D eigenvalue weighted by Gasteiger charge is 2.11. The van der Waals surface area contributed by atoms with E-state index < -0.39 is 10.3 Å². The van der Waals surface area contributed by atoms with Gasteiger partial charge in [0.15, 0.2) is 0 Å². The van der Waals surface area contributed by atoms with Crippen LogP contribution in [0, 0.1) is 0 Å². The van der Waals surface area contributed by atoms with E-state index in [1.165, 1.54) is 0 Å². The predicted octanol–water partition coefficient (Wildman–Crippen LogP) is 1.72. The van der Waals surface area contributed by atoms with E-state index in [1.54, 1.807) is 7.11 Å². The van der Waals surface area contributed by atoms with Gasteiger partial charge in [-0.2, -0.15) is 0 Å². The van der Waals surface area contributed by atoms with Crippen LogP contribution in [0.1, 0.15) is 20.3 Å². The summed E-state index contributed by atoms with van der Waals surface area (Å²) in [6.07, 6.45) is 4.92. The summed E-state index contributed by atoms with van der Waals surface area (Å²) in [5, 5.41) is 9.80. The number of aliphatic hydroxyl groups excluding tert-OH is 1. The van der Waals surface area contributed by atoms with Crippen molar-refractivity contribution in [2.45, 2.75) is 26.4 Å². The van der Waals surface area contributed by atoms with Gasteiger partial charge in [-0.3, -0.25) is 0 Å². The van der Waals surface area contributed by atoms with Crippen LogP contribution in [0.25, 0.3) is 0 Å². The van der Waals surface area contributed by atoms with E-state index >= 15 is 0 Å². The summed E-state index contributed by atoms with van der Waals surface area (Å²) in [4.78, 5) is 2.20. The first-order valence-electron chi connectivity index (χ1n) is 6.70. The van der Waals surface area contributed by atoms with Crippen LogP contribution in [0.5, 0.6) is 0 Å². The monoisotopic (exact) mass is 281 g/mol. The fourth-order valence-electron chi connectivity index (χ4n) is 1.64. The summed E-state index contributed by atoms with van der Waals surface area (Å²) in [5.74, 6) is 1.05. The van der Waals surface area contributed by atoms with Gasteiger partial charge < -0.3 is 18.9 Å². The lowest BCUT2D eigenvalue weighted by Crippen LogP contribution is -2.34. The Balaban J connectivity index is 3.54. The Morgan fingerprint density at radius 3 is 2.33 bits per heavy atom. The molecule has 0 saturated carbocycles. The molecule has 0 aromatic heterocycles. The predicted molar refractivity (Wildman–Crippen MR) is 80.5 cm³/mol. The number of rotatable bonds is 11. The van der Waals surface area contributed by atoms with E-state index in [4.69, 9.17) is 8.92 Å². The molecule has 4 nitrogen and oxygen atoms in total. The number of likely N-dealkylation sites (N-methyl/N-ethyl adjacent to an activating group) is 1. The van der Waals surface area contributed by atoms with Crippen LogP contribution in [0.4, 0.5) is 0 Å². The van der Waals surface area contributed by atoms with Crippen LogP contribution in [0.2, 0.25) is 0 Å². The second-order valence-corrected chi connectivity index (χ2v) is 8.49. The molecule has 0 aliphatic heterocycles. The van der Waals surface area contributed by atoms with Crippen LogP contribution in [-0.2, 0) is 8.92 Å². The maximum absolute atomic E-state index is 9.80. The summed E-state index contributed by atoms with van der Waals surface area (Å²) in [7, 11) is 0.870. The summed E-state index contributed by atoms with van der Waals surface area (Å²) in [6.45, 7) is 7.98. The van der Waals surface area contributed by atoms with Crippen molar-refractivity contribution in [2.75, 3.05) is 58.2 Å². The van der Waals surface area contributed by atoms with Crippen LogP contribution >= 0.6 is 10.3 Å². The quantitative estimate of drug-likeness (QED) is 0.586. The fraction of sp³-hybridized carbons (Fsp3) is 1.00. The highest BCUT2D eigenvalue weighted by atomic mass is 32.3. The molecule has 18 heavy (non-hydrogen) atoms. The molecule has 0 saturated heterocycles. The molecule has 1 atom stereocenters. The minimum atomic E-state index is -0.898. The molecule has 0 rings (SSSR count). The van der Waals surface area contributed by atoms with Crippen molar-refractivity contribution in [1.82, 2.24) is 4.90 Å². The normalized spacial score (nSPS) is 15.1. The van der Waals surface area contributed by atoms with Gasteiger partial charge in [-0.05, 0) is 32.0 Å². The molecule has 1 N–H and O–H groups in total. The number of nitrogens with zero attached hydrogens (tertiary/aromatic N) is 1. The molecule has 0 aromatic rings. The van der Waals surface area contributed by atoms with E-state index in [0.717, 1.165) is 25.3 Å². The number of ether oxygens (including phenoxy) is 1. The minimum absolute atomic E-state index is 0.382. The highest BCUT2D eigenvalue weighted by molar-refractivity contribution is 8.28. The molecular formula is C13H31NO3S. The molecule has 112 valence electrons. The molecular weight excluding hydrogens is 250 g/mol. The van der Waals surface area contributed by atoms with Crippen molar-refractivity contribution in [2.24, 2.45) is 0 Å². The Bertz CT molecular complexity index is 199. The van der Waals surface area contributed by atoms with E-state index in [2.05, 4.69) is 31.3 Å². The van der Waals surface area contributed by atoms with Gasteiger partial charge in [0, 0.05) is 26.0 Å². The zero-order valence-electron chi connectivity index (χ0n) is 12.6. The lowest BCUT2D eigenvalue weighted by molar-refractivity contribution is 0.0187. The van der Waals surface area contributed by atoms with E-state index in [9.17, 15) is 5.11 Å². The third kappa shape index (κ3) is 9.16. The molecule has 1 unspecified atom stereocenters. The largest absolute Gasteiger partial charge is 0.389 e. The molecule has 0 radical (unpaired) electrons. The topological polar surface area (TPSA) is 41.9 Å². The third-order valence-electron chi connectivity index (χ3n) is 3.05. The van der Waals surface area contributed by atoms with Gasteiger partial charge >= 0.3 is 0 Å². The molecule has 0 amide bonds. The van der Waals surface area contributed by atoms with Gasteiger partial charge in [0.05, 0.1) is 12.7 Å². The van der Waals surface area contributed by atoms with Crippen molar-refractivity contribution in [3.05, 3.63) is 0 Å². The lowest BCUT2D eigenvalue weighted by Gasteiger charge is -2.28. The van der Waals surface area contributed by atoms with Crippen molar-refractivity contribution >= 4 is 10.3 Å². The number of hydrogen-bond donors (Lipinski definition) is 1. The first kappa shape index (κ1) is 18.2. The SMILES string of the molecule is CCN(CC)CC(O)COCCCS(C)(C)OC. The zero-order chi connectivity index (χ0) is 14.0. The first-order chi connectivity index (χ1) is 8.45. The molecule has 0 fully saturated rings. The number of hydrogen-bond acceptors (Lipinski definition) is 4. The average molecular weight is 281 g/mol. The van der Waals surface area contributed by atoms with Gasteiger partial charge in [0.25, 0.3) is 0 Å². The second-order valence-electron chi connectivity index (χ2n) is 4.88. The smallest absolute Gasteiger partial charge is 0.0900 e. The molecule has 5 heteroatoms. The van der Waals surface area contributed by atoms with Crippen molar-refractivity contribution < 1.29 is 14.0 Å². The summed E-state index contributed by atoms with van der Waals surface area (Å²) < 4.78 is 10.9. The third-order valence-corrected chi connectivity index (χ3v) is 5.22. The summed E-state index contributed by atoms with van der Waals surface area (Å²) in [6, 6.07) is 0. The van der Waals surface area contributed by atoms with Crippen LogP contribution < -0.4 is 0 Å². The van der Waals surface area contributed by atoms with Crippen molar-refractivity contribution in [3.8, 4) is 0 Å². The molecule has 0 aliphatic rings. The Morgan fingerprint density at radius 1 is 1.22 bits per heavy atom. The van der Waals surface area contributed by atoms with Crippen molar-refractivity contribution in [1.29, 1.82) is 0 Å². The van der Waals surface area contributed by atoms with Gasteiger partial charge in [0.2, 0.25) is 0 Å². The Kier molecular flexibility index (Phi) is 10.1. The summed E-state index contributed by atoms with van der Waals surface area (Å²) >= 11 is 0.